The van der Waals surface area contributed by atoms with Crippen LogP contribution in [0.15, 0.2) is 12.1 Å². The van der Waals surface area contributed by atoms with Gasteiger partial charge in [-0.05, 0) is 31.5 Å². The molecule has 1 aromatic rings. The number of hydrogen-bond donors (Lipinski definition) is 2. The second-order valence-corrected chi connectivity index (χ2v) is 3.08. The Balaban J connectivity index is 3.05. The second kappa shape index (κ2) is 4.35. The van der Waals surface area contributed by atoms with E-state index in [1.807, 2.05) is 19.9 Å². The number of anilines is 1. The van der Waals surface area contributed by atoms with Crippen LogP contribution in [-0.2, 0) is 0 Å². The molecular weight excluding hydrogens is 188 g/mol. The third-order valence-corrected chi connectivity index (χ3v) is 2.03. The number of aryl methyl sites for hydroxylation is 1. The molecule has 0 aliphatic carbocycles. The maximum Gasteiger partial charge on any atom is 0.138 e. The van der Waals surface area contributed by atoms with Crippen LogP contribution < -0.4 is 16.0 Å². The minimum atomic E-state index is 0.570. The number of hydrazine groups is 1. The van der Waals surface area contributed by atoms with Crippen molar-refractivity contribution in [2.45, 2.75) is 13.8 Å². The lowest BCUT2D eigenvalue weighted by molar-refractivity contribution is 0.340. The molecule has 4 heteroatoms. The fourth-order valence-electron chi connectivity index (χ4n) is 1.08. The van der Waals surface area contributed by atoms with Gasteiger partial charge in [-0.25, -0.2) is 0 Å². The molecule has 13 heavy (non-hydrogen) atoms. The van der Waals surface area contributed by atoms with E-state index < -0.39 is 0 Å². The van der Waals surface area contributed by atoms with Gasteiger partial charge >= 0.3 is 0 Å². The molecule has 0 saturated carbocycles. The quantitative estimate of drug-likeness (QED) is 0.582. The third-order valence-electron chi connectivity index (χ3n) is 1.73. The predicted octanol–water partition coefficient (Wildman–Crippen LogP) is 2.33. The van der Waals surface area contributed by atoms with Crippen molar-refractivity contribution < 1.29 is 4.74 Å². The highest BCUT2D eigenvalue weighted by atomic mass is 35.5. The molecule has 0 fully saturated rings. The van der Waals surface area contributed by atoms with Crippen molar-refractivity contribution >= 4 is 17.3 Å². The van der Waals surface area contributed by atoms with Gasteiger partial charge in [0.1, 0.15) is 5.75 Å². The van der Waals surface area contributed by atoms with Crippen molar-refractivity contribution in [2.75, 3.05) is 12.0 Å². The summed E-state index contributed by atoms with van der Waals surface area (Å²) >= 11 is 5.94. The highest BCUT2D eigenvalue weighted by molar-refractivity contribution is 6.32. The summed E-state index contributed by atoms with van der Waals surface area (Å²) in [5.74, 6) is 5.99. The number of nitrogens with two attached hydrogens (primary N) is 1. The lowest BCUT2D eigenvalue weighted by Gasteiger charge is -2.10. The molecule has 0 atom stereocenters. The minimum Gasteiger partial charge on any atom is -0.492 e. The molecule has 0 spiro atoms. The SMILES string of the molecule is CCOc1cc(C)c(NN)cc1Cl. The molecule has 1 rings (SSSR count). The van der Waals surface area contributed by atoms with Gasteiger partial charge in [0, 0.05) is 0 Å². The van der Waals surface area contributed by atoms with Crippen LogP contribution in [0.3, 0.4) is 0 Å². The van der Waals surface area contributed by atoms with Gasteiger partial charge < -0.3 is 10.2 Å². The van der Waals surface area contributed by atoms with E-state index in [-0.39, 0.29) is 0 Å². The fourth-order valence-corrected chi connectivity index (χ4v) is 1.29. The number of rotatable bonds is 3. The summed E-state index contributed by atoms with van der Waals surface area (Å²) in [6.07, 6.45) is 0. The standard InChI is InChI=1S/C9H13ClN2O/c1-3-13-9-4-6(2)8(12-11)5-7(9)10/h4-5,12H,3,11H2,1-2H3. The zero-order valence-corrected chi connectivity index (χ0v) is 8.48. The van der Waals surface area contributed by atoms with E-state index >= 15 is 0 Å². The van der Waals surface area contributed by atoms with Crippen LogP contribution in [0.1, 0.15) is 12.5 Å². The molecule has 3 N–H and O–H groups in total. The highest BCUT2D eigenvalue weighted by Crippen LogP contribution is 2.30. The summed E-state index contributed by atoms with van der Waals surface area (Å²) in [7, 11) is 0. The first-order chi connectivity index (χ1) is 6.19. The Morgan fingerprint density at radius 1 is 1.54 bits per heavy atom. The Morgan fingerprint density at radius 3 is 2.77 bits per heavy atom. The van der Waals surface area contributed by atoms with Gasteiger partial charge in [0.05, 0.1) is 17.3 Å². The molecule has 3 nitrogen and oxygen atoms in total. The molecule has 0 radical (unpaired) electrons. The van der Waals surface area contributed by atoms with E-state index in [4.69, 9.17) is 22.2 Å². The third kappa shape index (κ3) is 2.26. The zero-order valence-electron chi connectivity index (χ0n) is 7.73. The number of halogens is 1. The van der Waals surface area contributed by atoms with E-state index in [2.05, 4.69) is 5.43 Å². The van der Waals surface area contributed by atoms with Crippen molar-refractivity contribution in [3.63, 3.8) is 0 Å². The first kappa shape index (κ1) is 10.2. The lowest BCUT2D eigenvalue weighted by Crippen LogP contribution is -2.08. The monoisotopic (exact) mass is 200 g/mol. The van der Waals surface area contributed by atoms with Crippen molar-refractivity contribution in [1.82, 2.24) is 0 Å². The van der Waals surface area contributed by atoms with Crippen LogP contribution in [0.4, 0.5) is 5.69 Å². The van der Waals surface area contributed by atoms with E-state index in [0.717, 1.165) is 11.3 Å². The molecule has 0 heterocycles. The van der Waals surface area contributed by atoms with Gasteiger partial charge in [0.2, 0.25) is 0 Å². The first-order valence-corrected chi connectivity index (χ1v) is 4.46. The number of ether oxygens (including phenoxy) is 1. The number of nitrogen functional groups attached to an aromatic ring is 1. The molecule has 0 unspecified atom stereocenters. The molecule has 0 aliphatic rings. The van der Waals surface area contributed by atoms with Crippen molar-refractivity contribution in [3.05, 3.63) is 22.7 Å². The predicted molar refractivity (Wildman–Crippen MR) is 55.2 cm³/mol. The van der Waals surface area contributed by atoms with Gasteiger partial charge in [-0.2, -0.15) is 0 Å². The van der Waals surface area contributed by atoms with Gasteiger partial charge in [-0.3, -0.25) is 5.84 Å². The van der Waals surface area contributed by atoms with E-state index in [1.165, 1.54) is 0 Å². The van der Waals surface area contributed by atoms with Crippen LogP contribution in [0.25, 0.3) is 0 Å². The van der Waals surface area contributed by atoms with Crippen LogP contribution in [0, 0.1) is 6.92 Å². The number of benzene rings is 1. The summed E-state index contributed by atoms with van der Waals surface area (Å²) in [6, 6.07) is 3.61. The molecule has 0 aromatic heterocycles. The summed E-state index contributed by atoms with van der Waals surface area (Å²) in [6.45, 7) is 4.46. The zero-order chi connectivity index (χ0) is 9.84. The van der Waals surface area contributed by atoms with Gasteiger partial charge in [-0.1, -0.05) is 11.6 Å². The maximum atomic E-state index is 5.94. The van der Waals surface area contributed by atoms with E-state index in [9.17, 15) is 0 Å². The highest BCUT2D eigenvalue weighted by Gasteiger charge is 2.05. The Kier molecular flexibility index (Phi) is 3.39. The molecule has 72 valence electrons. The first-order valence-electron chi connectivity index (χ1n) is 4.08. The van der Waals surface area contributed by atoms with Gasteiger partial charge in [-0.15, -0.1) is 0 Å². The molecular formula is C9H13ClN2O. The number of hydrogen-bond acceptors (Lipinski definition) is 3. The van der Waals surface area contributed by atoms with E-state index in [1.54, 1.807) is 6.07 Å². The summed E-state index contributed by atoms with van der Waals surface area (Å²) in [5.41, 5.74) is 4.39. The molecule has 1 aromatic carbocycles. The largest absolute Gasteiger partial charge is 0.492 e. The average Bonchev–Trinajstić information content (AvgIpc) is 2.11. The summed E-state index contributed by atoms with van der Waals surface area (Å²) in [4.78, 5) is 0. The summed E-state index contributed by atoms with van der Waals surface area (Å²) < 4.78 is 5.32. The van der Waals surface area contributed by atoms with Gasteiger partial charge in [0.25, 0.3) is 0 Å². The Labute approximate surface area is 82.8 Å². The Morgan fingerprint density at radius 2 is 2.23 bits per heavy atom. The van der Waals surface area contributed by atoms with Crippen LogP contribution in [-0.4, -0.2) is 6.61 Å². The molecule has 0 amide bonds. The fraction of sp³-hybridized carbons (Fsp3) is 0.333. The lowest BCUT2D eigenvalue weighted by atomic mass is 10.2. The van der Waals surface area contributed by atoms with Crippen molar-refractivity contribution in [3.8, 4) is 5.75 Å². The van der Waals surface area contributed by atoms with Gasteiger partial charge in [0.15, 0.2) is 0 Å². The van der Waals surface area contributed by atoms with Crippen molar-refractivity contribution in [2.24, 2.45) is 5.84 Å². The normalized spacial score (nSPS) is 9.85. The van der Waals surface area contributed by atoms with E-state index in [0.29, 0.717) is 17.4 Å². The molecule has 0 aliphatic heterocycles. The molecule has 0 bridgehead atoms. The number of nitrogens with one attached hydrogen (secondary N) is 1. The second-order valence-electron chi connectivity index (χ2n) is 2.67. The van der Waals surface area contributed by atoms with Crippen molar-refractivity contribution in [1.29, 1.82) is 0 Å². The Hall–Kier alpha value is -0.930. The minimum absolute atomic E-state index is 0.570. The van der Waals surface area contributed by atoms with Crippen LogP contribution >= 0.6 is 11.6 Å². The summed E-state index contributed by atoms with van der Waals surface area (Å²) in [5, 5.41) is 0.570. The van der Waals surface area contributed by atoms with Crippen LogP contribution in [0.5, 0.6) is 5.75 Å². The van der Waals surface area contributed by atoms with Crippen LogP contribution in [0.2, 0.25) is 5.02 Å². The average molecular weight is 201 g/mol. The Bertz CT molecular complexity index is 302. The molecule has 0 saturated heterocycles. The smallest absolute Gasteiger partial charge is 0.138 e. The maximum absolute atomic E-state index is 5.94. The topological polar surface area (TPSA) is 47.3 Å².